The molecule has 2 saturated heterocycles. The van der Waals surface area contributed by atoms with Gasteiger partial charge in [0.05, 0.1) is 19.3 Å². The molecule has 0 saturated carbocycles. The first-order valence-electron chi connectivity index (χ1n) is 8.68. The molecule has 1 atom stereocenters. The minimum Gasteiger partial charge on any atom is -0.378 e. The highest BCUT2D eigenvalue weighted by Gasteiger charge is 2.34. The summed E-state index contributed by atoms with van der Waals surface area (Å²) in [6.45, 7) is 7.29. The van der Waals surface area contributed by atoms with Crippen molar-refractivity contribution in [2.24, 2.45) is 0 Å². The summed E-state index contributed by atoms with van der Waals surface area (Å²) in [5.41, 5.74) is 2.04. The van der Waals surface area contributed by atoms with Crippen LogP contribution in [0, 0.1) is 0 Å². The molecule has 0 aromatic heterocycles. The van der Waals surface area contributed by atoms with E-state index in [0.29, 0.717) is 6.04 Å². The Morgan fingerprint density at radius 3 is 2.42 bits per heavy atom. The number of nitrogens with zero attached hydrogens (tertiary/aromatic N) is 3. The van der Waals surface area contributed by atoms with Crippen LogP contribution in [0.5, 0.6) is 0 Å². The van der Waals surface area contributed by atoms with Crippen molar-refractivity contribution in [2.45, 2.75) is 19.0 Å². The molecule has 6 nitrogen and oxygen atoms in total. The molecule has 2 heterocycles. The lowest BCUT2D eigenvalue weighted by Gasteiger charge is -2.45. The van der Waals surface area contributed by atoms with Crippen molar-refractivity contribution in [1.82, 2.24) is 9.80 Å². The van der Waals surface area contributed by atoms with Crippen molar-refractivity contribution < 1.29 is 9.53 Å². The maximum absolute atomic E-state index is 12.4. The van der Waals surface area contributed by atoms with Gasteiger partial charge in [0.15, 0.2) is 0 Å². The van der Waals surface area contributed by atoms with Crippen LogP contribution in [0.4, 0.5) is 11.4 Å². The second kappa shape index (κ2) is 7.51. The van der Waals surface area contributed by atoms with Crippen molar-refractivity contribution in [2.75, 3.05) is 63.7 Å². The first-order valence-corrected chi connectivity index (χ1v) is 8.68. The lowest BCUT2D eigenvalue weighted by Crippen LogP contribution is -2.62. The number of benzene rings is 1. The smallest absolute Gasteiger partial charge is 0.241 e. The molecule has 6 heteroatoms. The lowest BCUT2D eigenvalue weighted by molar-refractivity contribution is -0.123. The Hall–Kier alpha value is -1.63. The van der Waals surface area contributed by atoms with E-state index in [-0.39, 0.29) is 11.9 Å². The average Bonchev–Trinajstić information content (AvgIpc) is 2.54. The zero-order chi connectivity index (χ0) is 17.1. The molecule has 24 heavy (non-hydrogen) atoms. The Morgan fingerprint density at radius 1 is 1.21 bits per heavy atom. The van der Waals surface area contributed by atoms with Crippen molar-refractivity contribution in [1.29, 1.82) is 0 Å². The Kier molecular flexibility index (Phi) is 5.38. The van der Waals surface area contributed by atoms with E-state index in [1.807, 2.05) is 19.1 Å². The standard InChI is InChI=1S/C18H28N4O2/c1-14(22-12-17(13-22)20(2)3)18(23)19-15-4-6-16(7-5-15)21-8-10-24-11-9-21/h4-7,14,17H,8-13H2,1-3H3,(H,19,23)/t14-/m0/s1. The molecule has 0 radical (unpaired) electrons. The number of anilines is 2. The van der Waals surface area contributed by atoms with Gasteiger partial charge in [-0.1, -0.05) is 0 Å². The number of nitrogens with one attached hydrogen (secondary N) is 1. The van der Waals surface area contributed by atoms with Crippen LogP contribution >= 0.6 is 0 Å². The molecule has 1 amide bonds. The third-order valence-corrected chi connectivity index (χ3v) is 5.06. The summed E-state index contributed by atoms with van der Waals surface area (Å²) in [6.07, 6.45) is 0. The van der Waals surface area contributed by atoms with E-state index < -0.39 is 0 Å². The van der Waals surface area contributed by atoms with Gasteiger partial charge in [-0.15, -0.1) is 0 Å². The molecule has 1 aromatic carbocycles. The van der Waals surface area contributed by atoms with Crippen molar-refractivity contribution in [3.63, 3.8) is 0 Å². The summed E-state index contributed by atoms with van der Waals surface area (Å²) in [4.78, 5) is 19.1. The zero-order valence-electron chi connectivity index (χ0n) is 14.9. The predicted molar refractivity (Wildman–Crippen MR) is 96.6 cm³/mol. The van der Waals surface area contributed by atoms with Gasteiger partial charge in [0.1, 0.15) is 0 Å². The zero-order valence-corrected chi connectivity index (χ0v) is 14.9. The summed E-state index contributed by atoms with van der Waals surface area (Å²) in [7, 11) is 4.17. The predicted octanol–water partition coefficient (Wildman–Crippen LogP) is 1.10. The van der Waals surface area contributed by atoms with Gasteiger partial charge in [-0.3, -0.25) is 9.69 Å². The lowest BCUT2D eigenvalue weighted by atomic mass is 10.0. The third-order valence-electron chi connectivity index (χ3n) is 5.06. The largest absolute Gasteiger partial charge is 0.378 e. The maximum atomic E-state index is 12.4. The van der Waals surface area contributed by atoms with Gasteiger partial charge in [0.25, 0.3) is 0 Å². The molecule has 0 spiro atoms. The monoisotopic (exact) mass is 332 g/mol. The number of likely N-dealkylation sites (N-methyl/N-ethyl adjacent to an activating group) is 1. The van der Waals surface area contributed by atoms with E-state index in [2.05, 4.69) is 46.2 Å². The molecular formula is C18H28N4O2. The molecule has 2 aliphatic heterocycles. The number of hydrogen-bond donors (Lipinski definition) is 1. The van der Waals surface area contributed by atoms with Crippen molar-refractivity contribution >= 4 is 17.3 Å². The molecule has 132 valence electrons. The fourth-order valence-electron chi connectivity index (χ4n) is 3.12. The summed E-state index contributed by atoms with van der Waals surface area (Å²) in [5, 5.41) is 3.03. The Morgan fingerprint density at radius 2 is 1.83 bits per heavy atom. The molecule has 3 rings (SSSR count). The number of morpholine rings is 1. The summed E-state index contributed by atoms with van der Waals surface area (Å²) in [6, 6.07) is 8.56. The van der Waals surface area contributed by atoms with Crippen LogP contribution in [0.1, 0.15) is 6.92 Å². The molecule has 1 N–H and O–H groups in total. The molecule has 1 aromatic rings. The van der Waals surface area contributed by atoms with Gasteiger partial charge >= 0.3 is 0 Å². The first-order chi connectivity index (χ1) is 11.5. The SMILES string of the molecule is C[C@@H](C(=O)Nc1ccc(N2CCOCC2)cc1)N1CC(N(C)C)C1. The van der Waals surface area contributed by atoms with E-state index in [1.165, 1.54) is 5.69 Å². The van der Waals surface area contributed by atoms with Gasteiger partial charge < -0.3 is 19.9 Å². The number of amides is 1. The van der Waals surface area contributed by atoms with Crippen LogP contribution in [0.2, 0.25) is 0 Å². The highest BCUT2D eigenvalue weighted by atomic mass is 16.5. The molecule has 2 fully saturated rings. The fourth-order valence-corrected chi connectivity index (χ4v) is 3.12. The van der Waals surface area contributed by atoms with Crippen LogP contribution in [-0.2, 0) is 9.53 Å². The average molecular weight is 332 g/mol. The van der Waals surface area contributed by atoms with Crippen LogP contribution in [0.15, 0.2) is 24.3 Å². The molecule has 2 aliphatic rings. The highest BCUT2D eigenvalue weighted by molar-refractivity contribution is 5.94. The van der Waals surface area contributed by atoms with Crippen molar-refractivity contribution in [3.8, 4) is 0 Å². The van der Waals surface area contributed by atoms with Gasteiger partial charge in [-0.25, -0.2) is 0 Å². The molecule has 0 aliphatic carbocycles. The number of carbonyl (C=O) groups excluding carboxylic acids is 1. The number of likely N-dealkylation sites (tertiary alicyclic amines) is 1. The minimum absolute atomic E-state index is 0.0614. The van der Waals surface area contributed by atoms with Crippen LogP contribution in [0.3, 0.4) is 0 Å². The van der Waals surface area contributed by atoms with Gasteiger partial charge in [0.2, 0.25) is 5.91 Å². The number of hydrogen-bond acceptors (Lipinski definition) is 5. The van der Waals surface area contributed by atoms with E-state index in [4.69, 9.17) is 4.74 Å². The van der Waals surface area contributed by atoms with E-state index >= 15 is 0 Å². The Labute approximate surface area is 144 Å². The summed E-state index contributed by atoms with van der Waals surface area (Å²) < 4.78 is 5.38. The van der Waals surface area contributed by atoms with Gasteiger partial charge in [-0.05, 0) is 45.3 Å². The van der Waals surface area contributed by atoms with Gasteiger partial charge in [0, 0.05) is 43.6 Å². The second-order valence-electron chi connectivity index (χ2n) is 6.88. The summed E-state index contributed by atoms with van der Waals surface area (Å²) in [5.74, 6) is 0.0614. The maximum Gasteiger partial charge on any atom is 0.241 e. The van der Waals surface area contributed by atoms with E-state index in [9.17, 15) is 4.79 Å². The van der Waals surface area contributed by atoms with Crippen LogP contribution < -0.4 is 10.2 Å². The normalized spacial score (nSPS) is 20.8. The Bertz CT molecular complexity index is 549. The van der Waals surface area contributed by atoms with Crippen molar-refractivity contribution in [3.05, 3.63) is 24.3 Å². The third kappa shape index (κ3) is 3.88. The number of ether oxygens (including phenoxy) is 1. The Balaban J connectivity index is 1.51. The molecule has 0 bridgehead atoms. The van der Waals surface area contributed by atoms with Crippen LogP contribution in [0.25, 0.3) is 0 Å². The quantitative estimate of drug-likeness (QED) is 0.875. The summed E-state index contributed by atoms with van der Waals surface area (Å²) >= 11 is 0. The highest BCUT2D eigenvalue weighted by Crippen LogP contribution is 2.20. The van der Waals surface area contributed by atoms with Crippen LogP contribution in [-0.4, -0.2) is 81.3 Å². The molecule has 0 unspecified atom stereocenters. The number of rotatable bonds is 5. The first kappa shape index (κ1) is 17.2. The van der Waals surface area contributed by atoms with E-state index in [1.54, 1.807) is 0 Å². The minimum atomic E-state index is -0.0971. The fraction of sp³-hybridized carbons (Fsp3) is 0.611. The van der Waals surface area contributed by atoms with Gasteiger partial charge in [-0.2, -0.15) is 0 Å². The second-order valence-corrected chi connectivity index (χ2v) is 6.88. The topological polar surface area (TPSA) is 48.1 Å². The number of carbonyl (C=O) groups is 1. The van der Waals surface area contributed by atoms with E-state index in [0.717, 1.165) is 45.1 Å². The molecular weight excluding hydrogens is 304 g/mol.